The van der Waals surface area contributed by atoms with Gasteiger partial charge in [-0.3, -0.25) is 4.79 Å². The van der Waals surface area contributed by atoms with Crippen molar-refractivity contribution in [2.24, 2.45) is 0 Å². The Morgan fingerprint density at radius 2 is 1.57 bits per heavy atom. The van der Waals surface area contributed by atoms with Crippen molar-refractivity contribution in [1.29, 1.82) is 0 Å². The number of ether oxygens (including phenoxy) is 3. The Balaban J connectivity index is 2.41. The first-order chi connectivity index (χ1) is 13.1. The summed E-state index contributed by atoms with van der Waals surface area (Å²) < 4.78 is 41.5. The molecule has 0 saturated carbocycles. The van der Waals surface area contributed by atoms with Crippen LogP contribution < -0.4 is 19.5 Å². The minimum atomic E-state index is -3.80. The van der Waals surface area contributed by atoms with Crippen molar-refractivity contribution in [2.45, 2.75) is 4.90 Å². The third kappa shape index (κ3) is 4.32. The molecule has 2 aromatic carbocycles. The minimum Gasteiger partial charge on any atom is -0.493 e. The van der Waals surface area contributed by atoms with E-state index in [1.165, 1.54) is 53.6 Å². The average molecular weight is 429 g/mol. The van der Waals surface area contributed by atoms with Gasteiger partial charge in [0.25, 0.3) is 5.91 Å². The lowest BCUT2D eigenvalue weighted by Crippen LogP contribution is -2.23. The number of nitrogens with one attached hydrogen (secondary N) is 1. The number of hydrogen-bond donors (Lipinski definition) is 1. The van der Waals surface area contributed by atoms with Crippen molar-refractivity contribution in [3.63, 3.8) is 0 Å². The van der Waals surface area contributed by atoms with Crippen LogP contribution in [0.25, 0.3) is 0 Å². The normalized spacial score (nSPS) is 11.2. The molecule has 0 aliphatic carbocycles. The first-order valence-electron chi connectivity index (χ1n) is 7.99. The van der Waals surface area contributed by atoms with E-state index in [1.54, 1.807) is 12.1 Å². The molecule has 2 aromatic rings. The van der Waals surface area contributed by atoms with E-state index in [0.29, 0.717) is 22.9 Å². The van der Waals surface area contributed by atoms with Crippen LogP contribution in [0.2, 0.25) is 5.02 Å². The predicted molar refractivity (Wildman–Crippen MR) is 106 cm³/mol. The van der Waals surface area contributed by atoms with Gasteiger partial charge >= 0.3 is 0 Å². The predicted octanol–water partition coefficient (Wildman–Crippen LogP) is 2.87. The molecular formula is C18H21ClN2O6S. The van der Waals surface area contributed by atoms with Gasteiger partial charge in [-0.15, -0.1) is 0 Å². The Bertz CT molecular complexity index is 967. The third-order valence-electron chi connectivity index (χ3n) is 3.87. The molecule has 28 heavy (non-hydrogen) atoms. The number of hydrogen-bond acceptors (Lipinski definition) is 6. The van der Waals surface area contributed by atoms with E-state index in [9.17, 15) is 13.2 Å². The Hall–Kier alpha value is -2.49. The number of carbonyl (C=O) groups is 1. The average Bonchev–Trinajstić information content (AvgIpc) is 2.66. The van der Waals surface area contributed by atoms with Gasteiger partial charge in [0.15, 0.2) is 11.5 Å². The van der Waals surface area contributed by atoms with E-state index >= 15 is 0 Å². The zero-order valence-corrected chi connectivity index (χ0v) is 17.6. The summed E-state index contributed by atoms with van der Waals surface area (Å²) in [4.78, 5) is 12.5. The Kier molecular flexibility index (Phi) is 6.76. The summed E-state index contributed by atoms with van der Waals surface area (Å²) in [6, 6.07) is 7.15. The van der Waals surface area contributed by atoms with Crippen molar-refractivity contribution >= 4 is 33.2 Å². The molecule has 1 N–H and O–H groups in total. The number of halogens is 1. The molecule has 0 aliphatic rings. The molecule has 0 fully saturated rings. The van der Waals surface area contributed by atoms with Crippen molar-refractivity contribution in [1.82, 2.24) is 4.31 Å². The van der Waals surface area contributed by atoms with E-state index in [0.717, 1.165) is 4.31 Å². The molecule has 0 heterocycles. The van der Waals surface area contributed by atoms with E-state index in [4.69, 9.17) is 25.8 Å². The van der Waals surface area contributed by atoms with Gasteiger partial charge in [0.1, 0.15) is 4.90 Å². The molecule has 0 unspecified atom stereocenters. The third-order valence-corrected chi connectivity index (χ3v) is 6.17. The summed E-state index contributed by atoms with van der Waals surface area (Å²) in [5.74, 6) is 0.586. The molecule has 0 atom stereocenters. The van der Waals surface area contributed by atoms with Crippen molar-refractivity contribution < 1.29 is 27.4 Å². The fourth-order valence-electron chi connectivity index (χ4n) is 2.40. The fourth-order valence-corrected chi connectivity index (χ4v) is 3.79. The summed E-state index contributed by atoms with van der Waals surface area (Å²) in [6.07, 6.45) is 0. The highest BCUT2D eigenvalue weighted by Gasteiger charge is 2.23. The highest BCUT2D eigenvalue weighted by molar-refractivity contribution is 7.89. The van der Waals surface area contributed by atoms with Gasteiger partial charge in [-0.25, -0.2) is 12.7 Å². The summed E-state index contributed by atoms with van der Waals surface area (Å²) in [5.41, 5.74) is 0.505. The van der Waals surface area contributed by atoms with Crippen LogP contribution in [0, 0.1) is 0 Å². The number of anilines is 1. The summed E-state index contributed by atoms with van der Waals surface area (Å²) >= 11 is 6.02. The number of carbonyl (C=O) groups excluding carboxylic acids is 1. The topological polar surface area (TPSA) is 94.2 Å². The largest absolute Gasteiger partial charge is 0.493 e. The lowest BCUT2D eigenvalue weighted by atomic mass is 10.2. The van der Waals surface area contributed by atoms with Crippen molar-refractivity contribution in [3.8, 4) is 17.2 Å². The number of sulfonamides is 1. The number of benzene rings is 2. The Morgan fingerprint density at radius 1 is 1.00 bits per heavy atom. The van der Waals surface area contributed by atoms with Gasteiger partial charge in [0, 0.05) is 37.5 Å². The highest BCUT2D eigenvalue weighted by atomic mass is 35.5. The van der Waals surface area contributed by atoms with Crippen LogP contribution in [0.4, 0.5) is 5.69 Å². The van der Waals surface area contributed by atoms with E-state index < -0.39 is 15.9 Å². The number of amides is 1. The molecule has 0 aliphatic heterocycles. The van der Waals surface area contributed by atoms with E-state index in [2.05, 4.69) is 5.32 Å². The number of rotatable bonds is 7. The maximum absolute atomic E-state index is 12.7. The quantitative estimate of drug-likeness (QED) is 0.728. The standard InChI is InChI=1S/C18H21ClN2O6S/c1-21(2)28(23,24)16-8-11(6-7-13(16)19)18(22)20-12-9-14(25-3)17(27-5)15(10-12)26-4/h6-10H,1-5H3,(H,20,22). The van der Waals surface area contributed by atoms with Crippen LogP contribution in [0.1, 0.15) is 10.4 Å². The zero-order chi connectivity index (χ0) is 21.1. The van der Waals surface area contributed by atoms with Crippen LogP contribution in [0.5, 0.6) is 17.2 Å². The van der Waals surface area contributed by atoms with Gasteiger partial charge in [0.2, 0.25) is 15.8 Å². The second-order valence-electron chi connectivity index (χ2n) is 5.80. The maximum Gasteiger partial charge on any atom is 0.255 e. The minimum absolute atomic E-state index is 0.0260. The monoisotopic (exact) mass is 428 g/mol. The zero-order valence-electron chi connectivity index (χ0n) is 16.1. The Morgan fingerprint density at radius 3 is 2.04 bits per heavy atom. The Labute approximate surface area is 169 Å². The smallest absolute Gasteiger partial charge is 0.255 e. The molecule has 2 rings (SSSR count). The summed E-state index contributed by atoms with van der Waals surface area (Å²) in [7, 11) is 3.35. The molecule has 0 aromatic heterocycles. The molecule has 0 radical (unpaired) electrons. The summed E-state index contributed by atoms with van der Waals surface area (Å²) in [6.45, 7) is 0. The fraction of sp³-hybridized carbons (Fsp3) is 0.278. The van der Waals surface area contributed by atoms with Gasteiger partial charge in [0.05, 0.1) is 26.4 Å². The first kappa shape index (κ1) is 21.8. The lowest BCUT2D eigenvalue weighted by molar-refractivity contribution is 0.102. The highest BCUT2D eigenvalue weighted by Crippen LogP contribution is 2.40. The lowest BCUT2D eigenvalue weighted by Gasteiger charge is -2.15. The molecule has 0 bridgehead atoms. The second kappa shape index (κ2) is 8.68. The maximum atomic E-state index is 12.7. The van der Waals surface area contributed by atoms with Crippen LogP contribution in [-0.2, 0) is 10.0 Å². The van der Waals surface area contributed by atoms with Crippen LogP contribution in [0.3, 0.4) is 0 Å². The van der Waals surface area contributed by atoms with Crippen molar-refractivity contribution in [2.75, 3.05) is 40.7 Å². The van der Waals surface area contributed by atoms with Gasteiger partial charge < -0.3 is 19.5 Å². The molecular weight excluding hydrogens is 408 g/mol. The molecule has 10 heteroatoms. The van der Waals surface area contributed by atoms with Gasteiger partial charge in [-0.05, 0) is 18.2 Å². The van der Waals surface area contributed by atoms with E-state index in [-0.39, 0.29) is 15.5 Å². The van der Waals surface area contributed by atoms with Crippen LogP contribution >= 0.6 is 11.6 Å². The molecule has 0 saturated heterocycles. The first-order valence-corrected chi connectivity index (χ1v) is 9.81. The SMILES string of the molecule is COc1cc(NC(=O)c2ccc(Cl)c(S(=O)(=O)N(C)C)c2)cc(OC)c1OC. The van der Waals surface area contributed by atoms with Crippen LogP contribution in [0.15, 0.2) is 35.2 Å². The molecule has 1 amide bonds. The molecule has 8 nitrogen and oxygen atoms in total. The van der Waals surface area contributed by atoms with Gasteiger partial charge in [-0.1, -0.05) is 11.6 Å². The van der Waals surface area contributed by atoms with Gasteiger partial charge in [-0.2, -0.15) is 0 Å². The van der Waals surface area contributed by atoms with Crippen molar-refractivity contribution in [3.05, 3.63) is 40.9 Å². The van der Waals surface area contributed by atoms with Crippen LogP contribution in [-0.4, -0.2) is 54.1 Å². The number of methoxy groups -OCH3 is 3. The second-order valence-corrected chi connectivity index (χ2v) is 8.33. The van der Waals surface area contributed by atoms with E-state index in [1.807, 2.05) is 0 Å². The number of nitrogens with zero attached hydrogens (tertiary/aromatic N) is 1. The summed E-state index contributed by atoms with van der Waals surface area (Å²) in [5, 5.41) is 2.71. The molecule has 152 valence electrons. The molecule has 0 spiro atoms.